The normalized spacial score (nSPS) is 10.4. The van der Waals surface area contributed by atoms with Crippen molar-refractivity contribution in [1.82, 2.24) is 0 Å². The predicted octanol–water partition coefficient (Wildman–Crippen LogP) is 5.36. The Balaban J connectivity index is 1.96. The van der Waals surface area contributed by atoms with Gasteiger partial charge in [0.1, 0.15) is 0 Å². The van der Waals surface area contributed by atoms with Crippen LogP contribution < -0.4 is 14.8 Å². The molecule has 4 nitrogen and oxygen atoms in total. The molecule has 0 heterocycles. The second-order valence-electron chi connectivity index (χ2n) is 5.32. The number of hydrogen-bond acceptors (Lipinski definition) is 3. The molecule has 0 radical (unpaired) electrons. The quantitative estimate of drug-likeness (QED) is 0.669. The maximum atomic E-state index is 12.1. The van der Waals surface area contributed by atoms with Gasteiger partial charge in [0.25, 0.3) is 0 Å². The van der Waals surface area contributed by atoms with Gasteiger partial charge in [-0.25, -0.2) is 0 Å². The summed E-state index contributed by atoms with van der Waals surface area (Å²) in [5.74, 6) is 1.32. The lowest BCUT2D eigenvalue weighted by molar-refractivity contribution is -0.116. The maximum absolute atomic E-state index is 12.1. The third kappa shape index (κ3) is 5.83. The van der Waals surface area contributed by atoms with E-state index < -0.39 is 0 Å². The lowest BCUT2D eigenvalue weighted by Gasteiger charge is -2.12. The van der Waals surface area contributed by atoms with E-state index in [1.165, 1.54) is 0 Å². The van der Waals surface area contributed by atoms with Crippen LogP contribution >= 0.6 is 23.2 Å². The van der Waals surface area contributed by atoms with Crippen LogP contribution in [0.1, 0.15) is 25.8 Å². The van der Waals surface area contributed by atoms with E-state index in [1.807, 2.05) is 32.0 Å². The number of aryl methyl sites for hydroxylation is 1. The molecule has 0 aliphatic heterocycles. The van der Waals surface area contributed by atoms with Gasteiger partial charge in [-0.15, -0.1) is 0 Å². The summed E-state index contributed by atoms with van der Waals surface area (Å²) < 4.78 is 11.1. The van der Waals surface area contributed by atoms with Gasteiger partial charge in [-0.3, -0.25) is 4.79 Å². The summed E-state index contributed by atoms with van der Waals surface area (Å²) in [4.78, 5) is 12.1. The van der Waals surface area contributed by atoms with E-state index in [-0.39, 0.29) is 5.91 Å². The van der Waals surface area contributed by atoms with Crippen LogP contribution in [0.5, 0.6) is 11.5 Å². The van der Waals surface area contributed by atoms with Gasteiger partial charge < -0.3 is 14.8 Å². The third-order valence-electron chi connectivity index (χ3n) is 3.45. The molecule has 0 atom stereocenters. The molecule has 134 valence electrons. The molecule has 25 heavy (non-hydrogen) atoms. The average Bonchev–Trinajstić information content (AvgIpc) is 2.59. The lowest BCUT2D eigenvalue weighted by Crippen LogP contribution is -2.12. The molecule has 0 spiro atoms. The summed E-state index contributed by atoms with van der Waals surface area (Å²) in [6.45, 7) is 4.98. The minimum absolute atomic E-state index is 0.0924. The number of nitrogens with one attached hydrogen (secondary N) is 1. The molecule has 0 fully saturated rings. The molecule has 0 aromatic heterocycles. The van der Waals surface area contributed by atoms with Crippen LogP contribution in [0.3, 0.4) is 0 Å². The van der Waals surface area contributed by atoms with E-state index in [1.54, 1.807) is 18.2 Å². The van der Waals surface area contributed by atoms with Crippen molar-refractivity contribution in [2.75, 3.05) is 18.5 Å². The molecule has 2 aromatic carbocycles. The Labute approximate surface area is 158 Å². The molecule has 6 heteroatoms. The number of amides is 1. The smallest absolute Gasteiger partial charge is 0.224 e. The largest absolute Gasteiger partial charge is 0.490 e. The van der Waals surface area contributed by atoms with Gasteiger partial charge in [-0.2, -0.15) is 0 Å². The molecule has 0 unspecified atom stereocenters. The first kappa shape index (κ1) is 19.4. The molecule has 1 N–H and O–H groups in total. The molecule has 0 saturated carbocycles. The Morgan fingerprint density at radius 3 is 2.36 bits per heavy atom. The zero-order chi connectivity index (χ0) is 18.2. The van der Waals surface area contributed by atoms with Crippen LogP contribution in [0.15, 0.2) is 36.4 Å². The summed E-state index contributed by atoms with van der Waals surface area (Å²) in [5.41, 5.74) is 1.64. The fourth-order valence-electron chi connectivity index (χ4n) is 2.31. The van der Waals surface area contributed by atoms with Crippen LogP contribution in [-0.2, 0) is 11.2 Å². The van der Waals surface area contributed by atoms with Gasteiger partial charge in [0.05, 0.1) is 23.3 Å². The van der Waals surface area contributed by atoms with Gasteiger partial charge >= 0.3 is 0 Å². The van der Waals surface area contributed by atoms with Crippen molar-refractivity contribution in [2.45, 2.75) is 26.7 Å². The fraction of sp³-hybridized carbons (Fsp3) is 0.316. The lowest BCUT2D eigenvalue weighted by atomic mass is 10.1. The zero-order valence-electron chi connectivity index (χ0n) is 14.3. The first-order chi connectivity index (χ1) is 12.0. The molecule has 1 amide bonds. The van der Waals surface area contributed by atoms with Crippen molar-refractivity contribution in [2.24, 2.45) is 0 Å². The van der Waals surface area contributed by atoms with E-state index in [9.17, 15) is 4.79 Å². The summed E-state index contributed by atoms with van der Waals surface area (Å²) in [5, 5.41) is 3.68. The zero-order valence-corrected chi connectivity index (χ0v) is 15.8. The highest BCUT2D eigenvalue weighted by molar-refractivity contribution is 6.42. The Bertz CT molecular complexity index is 735. The van der Waals surface area contributed by atoms with E-state index in [0.717, 1.165) is 5.56 Å². The van der Waals surface area contributed by atoms with Gasteiger partial charge in [-0.1, -0.05) is 29.3 Å². The van der Waals surface area contributed by atoms with E-state index in [2.05, 4.69) is 5.32 Å². The van der Waals surface area contributed by atoms with Crippen LogP contribution in [0.4, 0.5) is 5.69 Å². The highest BCUT2D eigenvalue weighted by Gasteiger charge is 2.09. The first-order valence-corrected chi connectivity index (χ1v) is 8.92. The topological polar surface area (TPSA) is 47.6 Å². The molecule has 0 saturated heterocycles. The van der Waals surface area contributed by atoms with Crippen molar-refractivity contribution in [3.05, 3.63) is 52.0 Å². The van der Waals surface area contributed by atoms with Crippen LogP contribution in [0.25, 0.3) is 0 Å². The first-order valence-electron chi connectivity index (χ1n) is 8.17. The summed E-state index contributed by atoms with van der Waals surface area (Å²) in [6.07, 6.45) is 0.944. The van der Waals surface area contributed by atoms with Gasteiger partial charge in [0.15, 0.2) is 11.5 Å². The Morgan fingerprint density at radius 2 is 1.68 bits per heavy atom. The number of rotatable bonds is 8. The summed E-state index contributed by atoms with van der Waals surface area (Å²) in [7, 11) is 0. The molecule has 0 bridgehead atoms. The molecule has 0 aliphatic carbocycles. The number of anilines is 1. The molecular formula is C19H21Cl2NO3. The standard InChI is InChI=1S/C19H21Cl2NO3/c1-3-24-17-9-5-13(11-18(17)25-4-2)6-10-19(23)22-14-7-8-15(20)16(21)12-14/h5,7-9,11-12H,3-4,6,10H2,1-2H3,(H,22,23). The number of hydrogen-bond donors (Lipinski definition) is 1. The highest BCUT2D eigenvalue weighted by Crippen LogP contribution is 2.29. The van der Waals surface area contributed by atoms with Gasteiger partial charge in [0.2, 0.25) is 5.91 Å². The van der Waals surface area contributed by atoms with Crippen LogP contribution in [0, 0.1) is 0 Å². The van der Waals surface area contributed by atoms with Crippen molar-refractivity contribution in [3.63, 3.8) is 0 Å². The van der Waals surface area contributed by atoms with Crippen molar-refractivity contribution in [1.29, 1.82) is 0 Å². The van der Waals surface area contributed by atoms with Gasteiger partial charge in [0, 0.05) is 12.1 Å². The SMILES string of the molecule is CCOc1ccc(CCC(=O)Nc2ccc(Cl)c(Cl)c2)cc1OCC. The van der Waals surface area contributed by atoms with Crippen molar-refractivity contribution >= 4 is 34.8 Å². The molecule has 0 aliphatic rings. The van der Waals surface area contributed by atoms with Crippen LogP contribution in [-0.4, -0.2) is 19.1 Å². The summed E-state index contributed by atoms with van der Waals surface area (Å²) in [6, 6.07) is 10.7. The number of benzene rings is 2. The number of carbonyl (C=O) groups is 1. The highest BCUT2D eigenvalue weighted by atomic mass is 35.5. The van der Waals surface area contributed by atoms with E-state index >= 15 is 0 Å². The Morgan fingerprint density at radius 1 is 0.960 bits per heavy atom. The van der Waals surface area contributed by atoms with Gasteiger partial charge in [-0.05, 0) is 56.2 Å². The number of ether oxygens (including phenoxy) is 2. The number of carbonyl (C=O) groups excluding carboxylic acids is 1. The summed E-state index contributed by atoms with van der Waals surface area (Å²) >= 11 is 11.8. The fourth-order valence-corrected chi connectivity index (χ4v) is 2.60. The monoisotopic (exact) mass is 381 g/mol. The van der Waals surface area contributed by atoms with E-state index in [0.29, 0.717) is 53.3 Å². The maximum Gasteiger partial charge on any atom is 0.224 e. The molecule has 2 rings (SSSR count). The van der Waals surface area contributed by atoms with Crippen molar-refractivity contribution < 1.29 is 14.3 Å². The third-order valence-corrected chi connectivity index (χ3v) is 4.19. The minimum Gasteiger partial charge on any atom is -0.490 e. The second-order valence-corrected chi connectivity index (χ2v) is 6.14. The van der Waals surface area contributed by atoms with E-state index in [4.69, 9.17) is 32.7 Å². The predicted molar refractivity (Wildman–Crippen MR) is 102 cm³/mol. The number of halogens is 2. The Kier molecular flexibility index (Phi) is 7.41. The Hall–Kier alpha value is -1.91. The molecular weight excluding hydrogens is 361 g/mol. The average molecular weight is 382 g/mol. The molecule has 2 aromatic rings. The minimum atomic E-state index is -0.0924. The van der Waals surface area contributed by atoms with Crippen molar-refractivity contribution in [3.8, 4) is 11.5 Å². The second kappa shape index (κ2) is 9.54. The van der Waals surface area contributed by atoms with Crippen LogP contribution in [0.2, 0.25) is 10.0 Å².